The molecule has 0 atom stereocenters. The SMILES string of the molecule is CCN(CC)S(=O)(=O)c1ccc(C(=O)OCC(=O)N(C)C(C)C)cc1. The first-order valence-electron chi connectivity index (χ1n) is 8.18. The lowest BCUT2D eigenvalue weighted by Crippen LogP contribution is -2.36. The van der Waals surface area contributed by atoms with Crippen molar-refractivity contribution in [2.45, 2.75) is 38.6 Å². The van der Waals surface area contributed by atoms with Gasteiger partial charge in [0.2, 0.25) is 10.0 Å². The average molecular weight is 370 g/mol. The van der Waals surface area contributed by atoms with Crippen LogP contribution in [0.4, 0.5) is 0 Å². The average Bonchev–Trinajstić information content (AvgIpc) is 2.59. The van der Waals surface area contributed by atoms with Crippen LogP contribution in [0.5, 0.6) is 0 Å². The van der Waals surface area contributed by atoms with Gasteiger partial charge in [0.1, 0.15) is 0 Å². The summed E-state index contributed by atoms with van der Waals surface area (Å²) in [5, 5.41) is 0. The van der Waals surface area contributed by atoms with Gasteiger partial charge in [-0.05, 0) is 38.1 Å². The van der Waals surface area contributed by atoms with E-state index in [0.29, 0.717) is 13.1 Å². The molecular weight excluding hydrogens is 344 g/mol. The van der Waals surface area contributed by atoms with Crippen molar-refractivity contribution in [2.75, 3.05) is 26.7 Å². The Morgan fingerprint density at radius 1 is 1.08 bits per heavy atom. The number of hydrogen-bond donors (Lipinski definition) is 0. The number of benzene rings is 1. The van der Waals surface area contributed by atoms with Gasteiger partial charge in [0.25, 0.3) is 5.91 Å². The molecule has 140 valence electrons. The van der Waals surface area contributed by atoms with Crippen LogP contribution in [0.25, 0.3) is 0 Å². The van der Waals surface area contributed by atoms with Crippen molar-refractivity contribution < 1.29 is 22.7 Å². The van der Waals surface area contributed by atoms with Gasteiger partial charge in [-0.25, -0.2) is 13.2 Å². The Bertz CT molecular complexity index is 694. The third kappa shape index (κ3) is 5.27. The van der Waals surface area contributed by atoms with Gasteiger partial charge in [-0.2, -0.15) is 4.31 Å². The van der Waals surface area contributed by atoms with Gasteiger partial charge in [-0.1, -0.05) is 13.8 Å². The van der Waals surface area contributed by atoms with Gasteiger partial charge in [0, 0.05) is 26.2 Å². The first kappa shape index (κ1) is 21.1. The number of rotatable bonds is 8. The number of likely N-dealkylation sites (N-methyl/N-ethyl adjacent to an activating group) is 1. The number of amides is 1. The number of nitrogens with zero attached hydrogens (tertiary/aromatic N) is 2. The second-order valence-corrected chi connectivity index (χ2v) is 7.73. The predicted octanol–water partition coefficient (Wildman–Crippen LogP) is 1.74. The summed E-state index contributed by atoms with van der Waals surface area (Å²) in [5.41, 5.74) is 0.193. The highest BCUT2D eigenvalue weighted by Gasteiger charge is 2.22. The first-order chi connectivity index (χ1) is 11.6. The molecule has 0 spiro atoms. The molecule has 0 aliphatic carbocycles. The third-order valence-corrected chi connectivity index (χ3v) is 5.99. The third-order valence-electron chi connectivity index (χ3n) is 3.93. The van der Waals surface area contributed by atoms with Crippen LogP contribution >= 0.6 is 0 Å². The summed E-state index contributed by atoms with van der Waals surface area (Å²) in [5.74, 6) is -0.971. The van der Waals surface area contributed by atoms with E-state index in [-0.39, 0.29) is 29.0 Å². The molecule has 1 aromatic rings. The summed E-state index contributed by atoms with van der Waals surface area (Å²) in [6.45, 7) is 7.62. The lowest BCUT2D eigenvalue weighted by molar-refractivity contribution is -0.134. The van der Waals surface area contributed by atoms with E-state index in [1.54, 1.807) is 20.9 Å². The molecule has 0 aliphatic heterocycles. The highest BCUT2D eigenvalue weighted by atomic mass is 32.2. The molecule has 1 rings (SSSR count). The Kier molecular flexibility index (Phi) is 7.57. The van der Waals surface area contributed by atoms with Gasteiger partial charge in [0.05, 0.1) is 10.5 Å². The summed E-state index contributed by atoms with van der Waals surface area (Å²) in [4.78, 5) is 25.4. The maximum atomic E-state index is 12.4. The van der Waals surface area contributed by atoms with E-state index in [1.165, 1.54) is 33.5 Å². The second kappa shape index (κ2) is 8.96. The minimum Gasteiger partial charge on any atom is -0.452 e. The normalized spacial score (nSPS) is 11.6. The van der Waals surface area contributed by atoms with Crippen LogP contribution in [0.3, 0.4) is 0 Å². The molecule has 8 heteroatoms. The highest BCUT2D eigenvalue weighted by Crippen LogP contribution is 2.16. The zero-order chi connectivity index (χ0) is 19.2. The van der Waals surface area contributed by atoms with Gasteiger partial charge >= 0.3 is 5.97 Å². The minimum absolute atomic E-state index is 0.00997. The summed E-state index contributed by atoms with van der Waals surface area (Å²) in [6.07, 6.45) is 0. The number of sulfonamides is 1. The molecular formula is C17H26N2O5S. The summed E-state index contributed by atoms with van der Waals surface area (Å²) < 4.78 is 31.1. The van der Waals surface area contributed by atoms with Crippen LogP contribution in [0.1, 0.15) is 38.1 Å². The van der Waals surface area contributed by atoms with Gasteiger partial charge < -0.3 is 9.64 Å². The van der Waals surface area contributed by atoms with Crippen LogP contribution < -0.4 is 0 Å². The predicted molar refractivity (Wildman–Crippen MR) is 94.7 cm³/mol. The fourth-order valence-corrected chi connectivity index (χ4v) is 3.53. The number of ether oxygens (including phenoxy) is 1. The van der Waals surface area contributed by atoms with Crippen molar-refractivity contribution >= 4 is 21.9 Å². The zero-order valence-electron chi connectivity index (χ0n) is 15.4. The van der Waals surface area contributed by atoms with Crippen LogP contribution in [-0.2, 0) is 19.6 Å². The lowest BCUT2D eigenvalue weighted by Gasteiger charge is -2.21. The fourth-order valence-electron chi connectivity index (χ4n) is 2.08. The maximum absolute atomic E-state index is 12.4. The van der Waals surface area contributed by atoms with E-state index in [9.17, 15) is 18.0 Å². The maximum Gasteiger partial charge on any atom is 0.338 e. The Labute approximate surface area is 149 Å². The molecule has 7 nitrogen and oxygen atoms in total. The molecule has 0 heterocycles. The number of esters is 1. The topological polar surface area (TPSA) is 84.0 Å². The van der Waals surface area contributed by atoms with E-state index in [2.05, 4.69) is 0 Å². The first-order valence-corrected chi connectivity index (χ1v) is 9.62. The van der Waals surface area contributed by atoms with Crippen molar-refractivity contribution in [3.8, 4) is 0 Å². The van der Waals surface area contributed by atoms with E-state index in [1.807, 2.05) is 13.8 Å². The van der Waals surface area contributed by atoms with Crippen LogP contribution in [-0.4, -0.2) is 62.3 Å². The van der Waals surface area contributed by atoms with Gasteiger partial charge in [-0.3, -0.25) is 4.79 Å². The van der Waals surface area contributed by atoms with E-state index < -0.39 is 16.0 Å². The highest BCUT2D eigenvalue weighted by molar-refractivity contribution is 7.89. The molecule has 0 unspecified atom stereocenters. The summed E-state index contributed by atoms with van der Waals surface area (Å²) in [7, 11) is -1.94. The molecule has 0 fully saturated rings. The molecule has 25 heavy (non-hydrogen) atoms. The summed E-state index contributed by atoms with van der Waals surface area (Å²) >= 11 is 0. The van der Waals surface area contributed by atoms with Crippen LogP contribution in [0.2, 0.25) is 0 Å². The van der Waals surface area contributed by atoms with E-state index >= 15 is 0 Å². The minimum atomic E-state index is -3.57. The largest absolute Gasteiger partial charge is 0.452 e. The van der Waals surface area contributed by atoms with Gasteiger partial charge in [0.15, 0.2) is 6.61 Å². The van der Waals surface area contributed by atoms with Crippen molar-refractivity contribution in [3.63, 3.8) is 0 Å². The molecule has 0 saturated carbocycles. The molecule has 0 radical (unpaired) electrons. The number of carbonyl (C=O) groups excluding carboxylic acids is 2. The van der Waals surface area contributed by atoms with E-state index in [0.717, 1.165) is 0 Å². The molecule has 0 aromatic heterocycles. The molecule has 0 bridgehead atoms. The van der Waals surface area contributed by atoms with Crippen LogP contribution in [0.15, 0.2) is 29.2 Å². The Hall–Kier alpha value is -1.93. The zero-order valence-corrected chi connectivity index (χ0v) is 16.2. The van der Waals surface area contributed by atoms with Gasteiger partial charge in [-0.15, -0.1) is 0 Å². The van der Waals surface area contributed by atoms with Crippen molar-refractivity contribution in [2.24, 2.45) is 0 Å². The smallest absolute Gasteiger partial charge is 0.338 e. The molecule has 1 amide bonds. The molecule has 1 aromatic carbocycles. The van der Waals surface area contributed by atoms with Crippen molar-refractivity contribution in [1.29, 1.82) is 0 Å². The Morgan fingerprint density at radius 3 is 2.04 bits per heavy atom. The molecule has 0 N–H and O–H groups in total. The fraction of sp³-hybridized carbons (Fsp3) is 0.529. The second-order valence-electron chi connectivity index (χ2n) is 5.79. The standard InChI is InChI=1S/C17H26N2O5S/c1-6-19(7-2)25(22,23)15-10-8-14(9-11-15)17(21)24-12-16(20)18(5)13(3)4/h8-11,13H,6-7,12H2,1-5H3. The Morgan fingerprint density at radius 2 is 1.60 bits per heavy atom. The number of carbonyl (C=O) groups is 2. The quantitative estimate of drug-likeness (QED) is 0.651. The molecule has 0 aliphatic rings. The van der Waals surface area contributed by atoms with E-state index in [4.69, 9.17) is 4.74 Å². The monoisotopic (exact) mass is 370 g/mol. The van der Waals surface area contributed by atoms with Crippen LogP contribution in [0, 0.1) is 0 Å². The lowest BCUT2D eigenvalue weighted by atomic mass is 10.2. The van der Waals surface area contributed by atoms with Crippen molar-refractivity contribution in [1.82, 2.24) is 9.21 Å². The summed E-state index contributed by atoms with van der Waals surface area (Å²) in [6, 6.07) is 5.51. The molecule has 0 saturated heterocycles. The van der Waals surface area contributed by atoms with Crippen molar-refractivity contribution in [3.05, 3.63) is 29.8 Å². The number of hydrogen-bond acceptors (Lipinski definition) is 5. The Balaban J connectivity index is 2.79.